The number of benzene rings is 2. The van der Waals surface area contributed by atoms with Crippen molar-refractivity contribution in [2.24, 2.45) is 11.5 Å². The number of hydrogen-bond acceptors (Lipinski definition) is 4. The van der Waals surface area contributed by atoms with Crippen LogP contribution in [0.1, 0.15) is 24.8 Å². The second kappa shape index (κ2) is 11.6. The van der Waals surface area contributed by atoms with E-state index < -0.39 is 6.04 Å². The molecule has 2 rings (SSSR count). The largest absolute Gasteiger partial charge is 0.491 e. The molecule has 0 saturated heterocycles. The van der Waals surface area contributed by atoms with E-state index >= 15 is 0 Å². The van der Waals surface area contributed by atoms with Gasteiger partial charge in [-0.1, -0.05) is 41.9 Å². The van der Waals surface area contributed by atoms with Crippen molar-refractivity contribution >= 4 is 17.5 Å². The van der Waals surface area contributed by atoms with Gasteiger partial charge in [0.1, 0.15) is 12.4 Å². The normalized spacial score (nSPS) is 13.0. The zero-order chi connectivity index (χ0) is 19.5. The number of rotatable bonds is 11. The molecule has 5 N–H and O–H groups in total. The Morgan fingerprint density at radius 1 is 1.07 bits per heavy atom. The van der Waals surface area contributed by atoms with E-state index in [-0.39, 0.29) is 11.9 Å². The van der Waals surface area contributed by atoms with Crippen molar-refractivity contribution in [3.8, 4) is 5.75 Å². The number of carbonyl (C=O) groups excluding carboxylic acids is 1. The van der Waals surface area contributed by atoms with Crippen molar-refractivity contribution in [1.29, 1.82) is 0 Å². The molecule has 2 atom stereocenters. The van der Waals surface area contributed by atoms with E-state index in [0.29, 0.717) is 30.3 Å². The summed E-state index contributed by atoms with van der Waals surface area (Å²) in [6.45, 7) is 0.891. The highest BCUT2D eigenvalue weighted by atomic mass is 35.5. The van der Waals surface area contributed by atoms with Crippen LogP contribution in [0.4, 0.5) is 0 Å². The summed E-state index contributed by atoms with van der Waals surface area (Å²) in [5.41, 5.74) is 12.7. The van der Waals surface area contributed by atoms with Crippen LogP contribution in [0.5, 0.6) is 5.75 Å². The number of aryl methyl sites for hydroxylation is 1. The Labute approximate surface area is 166 Å². The standard InChI is InChI=1S/C21H28ClN3O2/c22-17-9-12-19(13-10-17)27-15-18(11-8-16-5-2-1-3-6-16)25-21(26)20(24)7-4-14-23/h1-3,5-6,9-10,12-13,18,20H,4,7-8,11,14-15,23-24H2,(H,25,26)/t18-,20-/m1/s1. The lowest BCUT2D eigenvalue weighted by Crippen LogP contribution is -2.47. The number of halogens is 1. The molecular weight excluding hydrogens is 362 g/mol. The van der Waals surface area contributed by atoms with Crippen LogP contribution >= 0.6 is 11.6 Å². The second-order valence-corrected chi connectivity index (χ2v) is 6.97. The summed E-state index contributed by atoms with van der Waals surface area (Å²) in [7, 11) is 0. The monoisotopic (exact) mass is 389 g/mol. The molecule has 0 bridgehead atoms. The van der Waals surface area contributed by atoms with E-state index in [9.17, 15) is 4.79 Å². The van der Waals surface area contributed by atoms with E-state index in [4.69, 9.17) is 27.8 Å². The lowest BCUT2D eigenvalue weighted by atomic mass is 10.0. The minimum absolute atomic E-state index is 0.141. The molecule has 0 aromatic heterocycles. The Bertz CT molecular complexity index is 680. The number of ether oxygens (including phenoxy) is 1. The molecule has 146 valence electrons. The predicted octanol–water partition coefficient (Wildman–Crippen LogP) is 2.90. The molecule has 27 heavy (non-hydrogen) atoms. The van der Waals surface area contributed by atoms with Crippen LogP contribution in [-0.4, -0.2) is 31.1 Å². The van der Waals surface area contributed by atoms with Gasteiger partial charge in [0.2, 0.25) is 5.91 Å². The summed E-state index contributed by atoms with van der Waals surface area (Å²) in [5.74, 6) is 0.548. The van der Waals surface area contributed by atoms with Crippen LogP contribution < -0.4 is 21.5 Å². The molecule has 5 nitrogen and oxygen atoms in total. The van der Waals surface area contributed by atoms with Crippen molar-refractivity contribution in [2.75, 3.05) is 13.2 Å². The average Bonchev–Trinajstić information content (AvgIpc) is 2.70. The van der Waals surface area contributed by atoms with E-state index in [1.165, 1.54) is 5.56 Å². The van der Waals surface area contributed by atoms with Gasteiger partial charge < -0.3 is 21.5 Å². The van der Waals surface area contributed by atoms with E-state index in [2.05, 4.69) is 17.4 Å². The Balaban J connectivity index is 1.93. The fraction of sp³-hybridized carbons (Fsp3) is 0.381. The third kappa shape index (κ3) is 7.99. The van der Waals surface area contributed by atoms with Crippen molar-refractivity contribution in [3.05, 3.63) is 65.2 Å². The maximum atomic E-state index is 12.4. The molecule has 2 aromatic rings. The van der Waals surface area contributed by atoms with Crippen molar-refractivity contribution in [1.82, 2.24) is 5.32 Å². The molecule has 0 unspecified atom stereocenters. The first-order valence-corrected chi connectivity index (χ1v) is 9.64. The fourth-order valence-corrected chi connectivity index (χ4v) is 2.81. The maximum Gasteiger partial charge on any atom is 0.237 e. The van der Waals surface area contributed by atoms with Crippen LogP contribution in [0.3, 0.4) is 0 Å². The van der Waals surface area contributed by atoms with Gasteiger partial charge in [0.15, 0.2) is 0 Å². The zero-order valence-electron chi connectivity index (χ0n) is 15.4. The minimum atomic E-state index is -0.552. The smallest absolute Gasteiger partial charge is 0.237 e. The van der Waals surface area contributed by atoms with Crippen LogP contribution in [-0.2, 0) is 11.2 Å². The van der Waals surface area contributed by atoms with E-state index in [1.807, 2.05) is 30.3 Å². The third-order valence-corrected chi connectivity index (χ3v) is 4.54. The van der Waals surface area contributed by atoms with Crippen LogP contribution in [0.25, 0.3) is 0 Å². The summed E-state index contributed by atoms with van der Waals surface area (Å²) >= 11 is 5.90. The van der Waals surface area contributed by atoms with Crippen LogP contribution in [0.15, 0.2) is 54.6 Å². The molecule has 0 aliphatic heterocycles. The second-order valence-electron chi connectivity index (χ2n) is 6.53. The van der Waals surface area contributed by atoms with Crippen molar-refractivity contribution in [3.63, 3.8) is 0 Å². The highest BCUT2D eigenvalue weighted by Crippen LogP contribution is 2.16. The third-order valence-electron chi connectivity index (χ3n) is 4.29. The molecule has 0 fully saturated rings. The van der Waals surface area contributed by atoms with Gasteiger partial charge in [-0.15, -0.1) is 0 Å². The SMILES string of the molecule is NCCC[C@@H](N)C(=O)N[C@H](CCc1ccccc1)COc1ccc(Cl)cc1. The Hall–Kier alpha value is -2.08. The number of hydrogen-bond donors (Lipinski definition) is 3. The minimum Gasteiger partial charge on any atom is -0.491 e. The van der Waals surface area contributed by atoms with Gasteiger partial charge in [-0.25, -0.2) is 0 Å². The van der Waals surface area contributed by atoms with Crippen molar-refractivity contribution in [2.45, 2.75) is 37.8 Å². The fourth-order valence-electron chi connectivity index (χ4n) is 2.69. The molecule has 0 radical (unpaired) electrons. The van der Waals surface area contributed by atoms with Gasteiger partial charge in [0.05, 0.1) is 12.1 Å². The quantitative estimate of drug-likeness (QED) is 0.551. The Kier molecular flexibility index (Phi) is 9.11. The lowest BCUT2D eigenvalue weighted by Gasteiger charge is -2.21. The number of carbonyl (C=O) groups is 1. The predicted molar refractivity (Wildman–Crippen MR) is 110 cm³/mol. The number of nitrogens with one attached hydrogen (secondary N) is 1. The first kappa shape index (κ1) is 21.2. The molecule has 1 amide bonds. The van der Waals surface area contributed by atoms with Gasteiger partial charge in [0, 0.05) is 5.02 Å². The average molecular weight is 390 g/mol. The molecule has 0 heterocycles. The number of amides is 1. The van der Waals surface area contributed by atoms with Crippen LogP contribution in [0, 0.1) is 0 Å². The Morgan fingerprint density at radius 2 is 1.78 bits per heavy atom. The van der Waals surface area contributed by atoms with Gasteiger partial charge in [-0.3, -0.25) is 4.79 Å². The summed E-state index contributed by atoms with van der Waals surface area (Å²) in [6, 6.07) is 16.6. The topological polar surface area (TPSA) is 90.4 Å². The summed E-state index contributed by atoms with van der Waals surface area (Å²) in [5, 5.41) is 3.68. The molecule has 6 heteroatoms. The van der Waals surface area contributed by atoms with Gasteiger partial charge in [-0.2, -0.15) is 0 Å². The maximum absolute atomic E-state index is 12.4. The van der Waals surface area contributed by atoms with Gasteiger partial charge >= 0.3 is 0 Å². The summed E-state index contributed by atoms with van der Waals surface area (Å²) < 4.78 is 5.84. The Morgan fingerprint density at radius 3 is 2.44 bits per heavy atom. The highest BCUT2D eigenvalue weighted by molar-refractivity contribution is 6.30. The molecule has 0 aliphatic rings. The first-order valence-electron chi connectivity index (χ1n) is 9.27. The lowest BCUT2D eigenvalue weighted by molar-refractivity contribution is -0.123. The first-order chi connectivity index (χ1) is 13.1. The van der Waals surface area contributed by atoms with Crippen molar-refractivity contribution < 1.29 is 9.53 Å². The van der Waals surface area contributed by atoms with E-state index in [0.717, 1.165) is 19.3 Å². The van der Waals surface area contributed by atoms with Crippen LogP contribution in [0.2, 0.25) is 5.02 Å². The van der Waals surface area contributed by atoms with E-state index in [1.54, 1.807) is 12.1 Å². The highest BCUT2D eigenvalue weighted by Gasteiger charge is 2.18. The van der Waals surface area contributed by atoms with Gasteiger partial charge in [0.25, 0.3) is 0 Å². The number of nitrogens with two attached hydrogens (primary N) is 2. The molecule has 0 spiro atoms. The molecule has 0 aliphatic carbocycles. The summed E-state index contributed by atoms with van der Waals surface area (Å²) in [6.07, 6.45) is 2.90. The summed E-state index contributed by atoms with van der Waals surface area (Å²) in [4.78, 5) is 12.4. The zero-order valence-corrected chi connectivity index (χ0v) is 16.2. The molecular formula is C21H28ClN3O2. The van der Waals surface area contributed by atoms with Gasteiger partial charge in [-0.05, 0) is 62.1 Å². The molecule has 2 aromatic carbocycles. The molecule has 0 saturated carbocycles.